The summed E-state index contributed by atoms with van der Waals surface area (Å²) in [5, 5.41) is 10.2. The van der Waals surface area contributed by atoms with Gasteiger partial charge in [0.05, 0.1) is 5.56 Å². The molecule has 0 spiro atoms. The van der Waals surface area contributed by atoms with Gasteiger partial charge in [-0.25, -0.2) is 4.79 Å². The smallest absolute Gasteiger partial charge is 0.336 e. The average Bonchev–Trinajstić information content (AvgIpc) is 2.75. The minimum Gasteiger partial charge on any atom is -0.478 e. The van der Waals surface area contributed by atoms with Gasteiger partial charge in [0.1, 0.15) is 0 Å². The number of hydrogen-bond acceptors (Lipinski definition) is 2. The molecule has 1 heterocycles. The van der Waals surface area contributed by atoms with E-state index in [-0.39, 0.29) is 0 Å². The average molecular weight is 260 g/mol. The van der Waals surface area contributed by atoms with Gasteiger partial charge in [0.15, 0.2) is 0 Å². The first-order chi connectivity index (χ1) is 9.06. The molecule has 0 atom stereocenters. The van der Waals surface area contributed by atoms with Crippen molar-refractivity contribution < 1.29 is 9.90 Å². The molecule has 0 aliphatic carbocycles. The van der Waals surface area contributed by atoms with Gasteiger partial charge in [-0.2, -0.15) is 0 Å². The number of nitrogens with zero attached hydrogens (tertiary/aromatic N) is 1. The molecule has 1 aromatic heterocycles. The summed E-state index contributed by atoms with van der Waals surface area (Å²) in [5.41, 5.74) is 8.00. The Morgan fingerprint density at radius 1 is 1.42 bits per heavy atom. The largest absolute Gasteiger partial charge is 0.478 e. The van der Waals surface area contributed by atoms with E-state index in [9.17, 15) is 9.90 Å². The van der Waals surface area contributed by atoms with E-state index in [4.69, 9.17) is 5.73 Å². The number of carbonyl (C=O) groups is 1. The highest BCUT2D eigenvalue weighted by atomic mass is 16.4. The first-order valence-corrected chi connectivity index (χ1v) is 6.62. The van der Waals surface area contributed by atoms with Crippen molar-refractivity contribution in [2.75, 3.05) is 6.54 Å². The summed E-state index contributed by atoms with van der Waals surface area (Å²) < 4.78 is 2.13. The van der Waals surface area contributed by atoms with Gasteiger partial charge in [0.2, 0.25) is 0 Å². The molecule has 0 aliphatic rings. The molecule has 0 unspecified atom stereocenters. The Balaban J connectivity index is 2.68. The van der Waals surface area contributed by atoms with Crippen molar-refractivity contribution in [3.05, 3.63) is 35.5 Å². The van der Waals surface area contributed by atoms with Crippen LogP contribution in [0.4, 0.5) is 0 Å². The zero-order valence-electron chi connectivity index (χ0n) is 11.4. The van der Waals surface area contributed by atoms with Gasteiger partial charge in [-0.3, -0.25) is 0 Å². The van der Waals surface area contributed by atoms with E-state index in [0.717, 1.165) is 29.3 Å². The lowest BCUT2D eigenvalue weighted by molar-refractivity contribution is 0.0699. The van der Waals surface area contributed by atoms with Gasteiger partial charge in [-0.05, 0) is 50.9 Å². The number of aryl methyl sites for hydroxylation is 1. The molecule has 2 rings (SSSR count). The molecule has 0 fully saturated rings. The van der Waals surface area contributed by atoms with E-state index in [1.807, 2.05) is 6.07 Å². The fourth-order valence-corrected chi connectivity index (χ4v) is 2.48. The van der Waals surface area contributed by atoms with Gasteiger partial charge in [-0.1, -0.05) is 6.07 Å². The van der Waals surface area contributed by atoms with Crippen LogP contribution in [0, 0.1) is 0 Å². The van der Waals surface area contributed by atoms with Gasteiger partial charge < -0.3 is 15.4 Å². The Hall–Kier alpha value is -1.81. The number of carboxylic acid groups (broad SMARTS) is 1. The van der Waals surface area contributed by atoms with Crippen LogP contribution in [0.1, 0.15) is 42.2 Å². The number of fused-ring (bicyclic) bond motifs is 1. The maximum absolute atomic E-state index is 11.4. The van der Waals surface area contributed by atoms with Crippen LogP contribution in [0.15, 0.2) is 24.4 Å². The molecule has 0 aliphatic heterocycles. The maximum atomic E-state index is 11.4. The molecule has 2 aromatic rings. The second-order valence-electron chi connectivity index (χ2n) is 5.05. The van der Waals surface area contributed by atoms with Crippen LogP contribution in [0.25, 0.3) is 10.9 Å². The lowest BCUT2D eigenvalue weighted by atomic mass is 10.0. The topological polar surface area (TPSA) is 68.2 Å². The molecule has 0 amide bonds. The van der Waals surface area contributed by atoms with Crippen molar-refractivity contribution in [3.63, 3.8) is 0 Å². The second kappa shape index (κ2) is 5.45. The van der Waals surface area contributed by atoms with Crippen molar-refractivity contribution >= 4 is 16.9 Å². The zero-order valence-corrected chi connectivity index (χ0v) is 11.4. The van der Waals surface area contributed by atoms with Crippen LogP contribution < -0.4 is 5.73 Å². The summed E-state index contributed by atoms with van der Waals surface area (Å²) in [6, 6.07) is 5.75. The third-order valence-corrected chi connectivity index (χ3v) is 3.37. The van der Waals surface area contributed by atoms with Gasteiger partial charge >= 0.3 is 5.97 Å². The molecule has 4 nitrogen and oxygen atoms in total. The van der Waals surface area contributed by atoms with Crippen LogP contribution >= 0.6 is 0 Å². The Labute approximate surface area is 112 Å². The van der Waals surface area contributed by atoms with Crippen molar-refractivity contribution in [1.29, 1.82) is 0 Å². The fourth-order valence-electron chi connectivity index (χ4n) is 2.48. The highest BCUT2D eigenvalue weighted by Gasteiger charge is 2.16. The molecular weight excluding hydrogens is 240 g/mol. The predicted octanol–water partition coefficient (Wildman–Crippen LogP) is 2.81. The summed E-state index contributed by atoms with van der Waals surface area (Å²) in [6.45, 7) is 4.81. The van der Waals surface area contributed by atoms with Crippen LogP contribution in [0.3, 0.4) is 0 Å². The van der Waals surface area contributed by atoms with E-state index in [0.29, 0.717) is 18.2 Å². The van der Waals surface area contributed by atoms with Crippen molar-refractivity contribution in [2.45, 2.75) is 32.7 Å². The summed E-state index contributed by atoms with van der Waals surface area (Å²) in [7, 11) is 0. The summed E-state index contributed by atoms with van der Waals surface area (Å²) in [6.07, 6.45) is 3.75. The third-order valence-electron chi connectivity index (χ3n) is 3.37. The first-order valence-electron chi connectivity index (χ1n) is 6.62. The summed E-state index contributed by atoms with van der Waals surface area (Å²) in [5.74, 6) is -0.874. The molecule has 0 saturated heterocycles. The molecule has 3 N–H and O–H groups in total. The molecule has 19 heavy (non-hydrogen) atoms. The van der Waals surface area contributed by atoms with Gasteiger partial charge in [0, 0.05) is 23.1 Å². The van der Waals surface area contributed by atoms with Crippen LogP contribution in [-0.4, -0.2) is 22.2 Å². The minimum absolute atomic E-state index is 0.304. The molecule has 0 saturated carbocycles. The predicted molar refractivity (Wildman–Crippen MR) is 76.7 cm³/mol. The van der Waals surface area contributed by atoms with E-state index in [1.54, 1.807) is 12.1 Å². The Kier molecular flexibility index (Phi) is 3.90. The molecule has 1 aromatic carbocycles. The molecular formula is C15H20N2O2. The molecule has 4 heteroatoms. The molecule has 0 radical (unpaired) electrons. The lowest BCUT2D eigenvalue weighted by Crippen LogP contribution is -2.01. The normalized spacial score (nSPS) is 11.4. The maximum Gasteiger partial charge on any atom is 0.336 e. The SMILES string of the molecule is CC(C)n1cc(CCCN)c2c(C(=O)O)cccc21. The van der Waals surface area contributed by atoms with Crippen LogP contribution in [0.2, 0.25) is 0 Å². The van der Waals surface area contributed by atoms with Crippen LogP contribution in [0.5, 0.6) is 0 Å². The summed E-state index contributed by atoms with van der Waals surface area (Å²) in [4.78, 5) is 11.4. The van der Waals surface area contributed by atoms with Crippen LogP contribution in [-0.2, 0) is 6.42 Å². The van der Waals surface area contributed by atoms with E-state index >= 15 is 0 Å². The van der Waals surface area contributed by atoms with Crippen molar-refractivity contribution in [3.8, 4) is 0 Å². The number of benzene rings is 1. The van der Waals surface area contributed by atoms with Crippen molar-refractivity contribution in [2.24, 2.45) is 5.73 Å². The third kappa shape index (κ3) is 2.49. The number of carboxylic acids is 1. The lowest BCUT2D eigenvalue weighted by Gasteiger charge is -2.09. The standard InChI is InChI=1S/C15H20N2O2/c1-10(2)17-9-11(5-4-8-16)14-12(15(18)19)6-3-7-13(14)17/h3,6-7,9-10H,4-5,8,16H2,1-2H3,(H,18,19). The molecule has 0 bridgehead atoms. The minimum atomic E-state index is -0.874. The number of hydrogen-bond donors (Lipinski definition) is 2. The highest BCUT2D eigenvalue weighted by molar-refractivity contribution is 6.04. The Morgan fingerprint density at radius 3 is 2.74 bits per heavy atom. The quantitative estimate of drug-likeness (QED) is 0.868. The Morgan fingerprint density at radius 2 is 2.16 bits per heavy atom. The van der Waals surface area contributed by atoms with Gasteiger partial charge in [-0.15, -0.1) is 0 Å². The van der Waals surface area contributed by atoms with E-state index in [2.05, 4.69) is 24.6 Å². The number of rotatable bonds is 5. The zero-order chi connectivity index (χ0) is 14.0. The van der Waals surface area contributed by atoms with E-state index in [1.165, 1.54) is 0 Å². The molecule has 102 valence electrons. The summed E-state index contributed by atoms with van der Waals surface area (Å²) >= 11 is 0. The number of nitrogens with two attached hydrogens (primary N) is 1. The highest BCUT2D eigenvalue weighted by Crippen LogP contribution is 2.28. The Bertz CT molecular complexity index is 599. The number of aromatic nitrogens is 1. The van der Waals surface area contributed by atoms with Gasteiger partial charge in [0.25, 0.3) is 0 Å². The van der Waals surface area contributed by atoms with E-state index < -0.39 is 5.97 Å². The monoisotopic (exact) mass is 260 g/mol. The first kappa shape index (κ1) is 13.6. The second-order valence-corrected chi connectivity index (χ2v) is 5.05. The van der Waals surface area contributed by atoms with Crippen molar-refractivity contribution in [1.82, 2.24) is 4.57 Å². The fraction of sp³-hybridized carbons (Fsp3) is 0.400. The number of aromatic carboxylic acids is 1.